The van der Waals surface area contributed by atoms with Crippen LogP contribution in [0.1, 0.15) is 49.1 Å². The zero-order valence-corrected chi connectivity index (χ0v) is 29.7. The fraction of sp³-hybridized carbons (Fsp3) is 0.163. The van der Waals surface area contributed by atoms with E-state index < -0.39 is 0 Å². The molecule has 0 fully saturated rings. The van der Waals surface area contributed by atoms with Gasteiger partial charge >= 0.3 is 0 Å². The summed E-state index contributed by atoms with van der Waals surface area (Å²) in [5, 5.41) is 13.4. The first-order valence-corrected chi connectivity index (χ1v) is 16.5. The molecule has 0 unspecified atom stereocenters. The fourth-order valence-corrected chi connectivity index (χ4v) is 7.33. The van der Waals surface area contributed by atoms with Gasteiger partial charge in [0.2, 0.25) is 0 Å². The second kappa shape index (κ2) is 11.9. The number of aliphatic imine (C=N–C) groups is 1. The SMILES string of the molecule is CC(C)(C)c1ccc(-n2c(-c3c(O)ccc4ccccc34)nc3c(-c4[c-]c(C5=N[C@@H]6c7ccccc7C[C@@H]6O5)ccc4)cccc32)cc1.[Pt]. The van der Waals surface area contributed by atoms with E-state index in [4.69, 9.17) is 14.7 Å². The summed E-state index contributed by atoms with van der Waals surface area (Å²) in [6.07, 6.45) is 0.888. The van der Waals surface area contributed by atoms with E-state index in [9.17, 15) is 5.11 Å². The van der Waals surface area contributed by atoms with Crippen LogP contribution in [0.25, 0.3) is 50.0 Å². The van der Waals surface area contributed by atoms with Crippen molar-refractivity contribution in [1.29, 1.82) is 0 Å². The van der Waals surface area contributed by atoms with Crippen LogP contribution in [-0.4, -0.2) is 26.7 Å². The maximum atomic E-state index is 11.4. The Morgan fingerprint density at radius 3 is 2.39 bits per heavy atom. The van der Waals surface area contributed by atoms with Crippen molar-refractivity contribution in [3.63, 3.8) is 0 Å². The normalized spacial score (nSPS) is 16.6. The number of aromatic hydroxyl groups is 1. The monoisotopic (exact) mass is 819 g/mol. The van der Waals surface area contributed by atoms with Gasteiger partial charge in [-0.15, -0.1) is 29.8 Å². The Kier molecular flexibility index (Phi) is 7.57. The van der Waals surface area contributed by atoms with Crippen molar-refractivity contribution in [2.75, 3.05) is 0 Å². The second-order valence-corrected chi connectivity index (χ2v) is 13.8. The molecule has 7 aromatic rings. The Hall–Kier alpha value is -4.99. The summed E-state index contributed by atoms with van der Waals surface area (Å²) < 4.78 is 8.60. The number of phenolic OH excluding ortho intramolecular Hbond substituents is 1. The molecule has 0 saturated heterocycles. The predicted molar refractivity (Wildman–Crippen MR) is 193 cm³/mol. The topological polar surface area (TPSA) is 59.6 Å². The number of para-hydroxylation sites is 1. The van der Waals surface area contributed by atoms with Crippen LogP contribution in [0.4, 0.5) is 0 Å². The van der Waals surface area contributed by atoms with Crippen molar-refractivity contribution in [2.24, 2.45) is 4.99 Å². The first-order valence-electron chi connectivity index (χ1n) is 16.5. The standard InChI is InChI=1S/C43H34N3O2.Pt/c1-43(2,3)30-19-21-31(22-20-30)46-35-17-9-16-33(39(35)44-41(46)38-32-14-6-4-10-26(32)18-23-36(38)47)27-12-8-13-29(24-27)42-45-40-34-15-7-5-11-28(34)25-37(40)48-42;/h4-23,37,40,47H,25H2,1-3H3;/q-1;/t37-,40+;/m0./s1. The summed E-state index contributed by atoms with van der Waals surface area (Å²) in [5.41, 5.74) is 9.98. The van der Waals surface area contributed by atoms with E-state index in [-0.39, 0.29) is 44.4 Å². The summed E-state index contributed by atoms with van der Waals surface area (Å²) >= 11 is 0. The molecule has 0 bridgehead atoms. The van der Waals surface area contributed by atoms with Gasteiger partial charge in [0, 0.05) is 33.2 Å². The summed E-state index contributed by atoms with van der Waals surface area (Å²) in [6, 6.07) is 45.0. The van der Waals surface area contributed by atoms with Gasteiger partial charge in [0.25, 0.3) is 0 Å². The number of aromatic nitrogens is 2. The summed E-state index contributed by atoms with van der Waals surface area (Å²) in [7, 11) is 0. The van der Waals surface area contributed by atoms with Crippen molar-refractivity contribution in [3.05, 3.63) is 150 Å². The molecule has 0 saturated carbocycles. The van der Waals surface area contributed by atoms with Crippen molar-refractivity contribution in [3.8, 4) is 34.0 Å². The molecule has 1 aromatic heterocycles. The van der Waals surface area contributed by atoms with E-state index in [1.807, 2.05) is 36.4 Å². The molecule has 2 aliphatic rings. The molecule has 5 nitrogen and oxygen atoms in total. The largest absolute Gasteiger partial charge is 0.507 e. The molecule has 1 aliphatic heterocycles. The van der Waals surface area contributed by atoms with E-state index in [1.54, 1.807) is 6.07 Å². The summed E-state index contributed by atoms with van der Waals surface area (Å²) in [6.45, 7) is 6.66. The van der Waals surface area contributed by atoms with Gasteiger partial charge < -0.3 is 9.84 Å². The van der Waals surface area contributed by atoms with Crippen molar-refractivity contribution < 1.29 is 30.9 Å². The molecule has 2 heterocycles. The van der Waals surface area contributed by atoms with Crippen LogP contribution in [0.2, 0.25) is 0 Å². The number of ether oxygens (including phenoxy) is 1. The first-order chi connectivity index (χ1) is 23.3. The van der Waals surface area contributed by atoms with Gasteiger partial charge in [0.1, 0.15) is 29.6 Å². The molecular weight excluding hydrogens is 786 g/mol. The predicted octanol–water partition coefficient (Wildman–Crippen LogP) is 9.76. The van der Waals surface area contributed by atoms with Crippen LogP contribution >= 0.6 is 0 Å². The van der Waals surface area contributed by atoms with Gasteiger partial charge in [-0.3, -0.25) is 9.56 Å². The smallest absolute Gasteiger partial charge is 0.149 e. The average Bonchev–Trinajstić information content (AvgIpc) is 3.79. The number of fused-ring (bicyclic) bond motifs is 5. The number of phenols is 1. The van der Waals surface area contributed by atoms with E-state index >= 15 is 0 Å². The maximum Gasteiger partial charge on any atom is 0.149 e. The number of hydrogen-bond donors (Lipinski definition) is 1. The van der Waals surface area contributed by atoms with Crippen LogP contribution < -0.4 is 0 Å². The molecule has 6 heteroatoms. The number of benzene rings is 6. The van der Waals surface area contributed by atoms with Crippen LogP contribution in [0.15, 0.2) is 126 Å². The quantitative estimate of drug-likeness (QED) is 0.180. The minimum atomic E-state index is 0. The molecule has 0 amide bonds. The number of imidazole rings is 1. The molecule has 0 spiro atoms. The molecule has 1 N–H and O–H groups in total. The zero-order valence-electron chi connectivity index (χ0n) is 27.4. The minimum Gasteiger partial charge on any atom is -0.507 e. The molecule has 49 heavy (non-hydrogen) atoms. The van der Waals surface area contributed by atoms with Crippen LogP contribution in [0.5, 0.6) is 5.75 Å². The number of rotatable bonds is 4. The maximum absolute atomic E-state index is 11.4. The third-order valence-electron chi connectivity index (χ3n) is 9.79. The van der Waals surface area contributed by atoms with Crippen molar-refractivity contribution in [2.45, 2.75) is 44.8 Å². The number of hydrogen-bond acceptors (Lipinski definition) is 4. The van der Waals surface area contributed by atoms with Gasteiger partial charge in [0.15, 0.2) is 0 Å². The van der Waals surface area contributed by atoms with Gasteiger partial charge in [-0.2, -0.15) is 0 Å². The Bertz CT molecular complexity index is 2420. The van der Waals surface area contributed by atoms with E-state index in [0.717, 1.165) is 50.6 Å². The summed E-state index contributed by atoms with van der Waals surface area (Å²) in [4.78, 5) is 10.4. The average molecular weight is 820 g/mol. The Morgan fingerprint density at radius 1 is 0.796 bits per heavy atom. The second-order valence-electron chi connectivity index (χ2n) is 13.8. The van der Waals surface area contributed by atoms with E-state index in [2.05, 4.69) is 110 Å². The van der Waals surface area contributed by atoms with Gasteiger partial charge in [0.05, 0.1) is 16.6 Å². The van der Waals surface area contributed by atoms with E-state index in [0.29, 0.717) is 17.3 Å². The molecule has 9 rings (SSSR count). The molecule has 0 radical (unpaired) electrons. The Labute approximate surface area is 300 Å². The van der Waals surface area contributed by atoms with Gasteiger partial charge in [-0.05, 0) is 57.1 Å². The van der Waals surface area contributed by atoms with Crippen LogP contribution in [0, 0.1) is 6.07 Å². The third-order valence-corrected chi connectivity index (χ3v) is 9.79. The zero-order chi connectivity index (χ0) is 32.6. The molecule has 244 valence electrons. The Morgan fingerprint density at radius 2 is 1.55 bits per heavy atom. The molecule has 2 atom stereocenters. The van der Waals surface area contributed by atoms with Gasteiger partial charge in [-0.25, -0.2) is 4.98 Å². The Balaban J connectivity index is 0.00000348. The fourth-order valence-electron chi connectivity index (χ4n) is 7.33. The number of nitrogens with zero attached hydrogens (tertiary/aromatic N) is 3. The van der Waals surface area contributed by atoms with Gasteiger partial charge in [-0.1, -0.05) is 111 Å². The third kappa shape index (κ3) is 5.19. The molecule has 6 aromatic carbocycles. The van der Waals surface area contributed by atoms with Crippen molar-refractivity contribution >= 4 is 27.7 Å². The molecular formula is C43H34N3O2Pt-. The van der Waals surface area contributed by atoms with Crippen molar-refractivity contribution in [1.82, 2.24) is 9.55 Å². The minimum absolute atomic E-state index is 0. The summed E-state index contributed by atoms with van der Waals surface area (Å²) in [5.74, 6) is 1.51. The van der Waals surface area contributed by atoms with Crippen LogP contribution in [0.3, 0.4) is 0 Å². The first kappa shape index (κ1) is 31.3. The van der Waals surface area contributed by atoms with E-state index in [1.165, 1.54) is 16.7 Å². The van der Waals surface area contributed by atoms with Crippen LogP contribution in [-0.2, 0) is 37.6 Å². The molecule has 1 aliphatic carbocycles.